The number of hydrogen-bond donors (Lipinski definition) is 1. The lowest BCUT2D eigenvalue weighted by molar-refractivity contribution is -0.113. The number of thioether (sulfide) groups is 1. The zero-order valence-corrected chi connectivity index (χ0v) is 21.5. The van der Waals surface area contributed by atoms with Gasteiger partial charge in [0.1, 0.15) is 10.6 Å². The number of aromatic nitrogens is 2. The monoisotopic (exact) mass is 507 g/mol. The Kier molecular flexibility index (Phi) is 6.51. The van der Waals surface area contributed by atoms with Gasteiger partial charge in [0.15, 0.2) is 5.16 Å². The summed E-state index contributed by atoms with van der Waals surface area (Å²) in [5, 5.41) is 3.91. The third-order valence-corrected chi connectivity index (χ3v) is 8.43. The van der Waals surface area contributed by atoms with Gasteiger partial charge in [-0.2, -0.15) is 0 Å². The molecule has 35 heavy (non-hydrogen) atoms. The van der Waals surface area contributed by atoms with Crippen LogP contribution >= 0.6 is 23.1 Å². The van der Waals surface area contributed by atoms with Gasteiger partial charge in [0.25, 0.3) is 5.56 Å². The summed E-state index contributed by atoms with van der Waals surface area (Å²) >= 11 is 2.82. The normalized spacial score (nSPS) is 15.3. The van der Waals surface area contributed by atoms with Crippen LogP contribution in [0.1, 0.15) is 34.9 Å². The molecule has 0 saturated carbocycles. The molecule has 1 aliphatic rings. The lowest BCUT2D eigenvalue weighted by Crippen LogP contribution is -2.24. The van der Waals surface area contributed by atoms with Crippen molar-refractivity contribution in [3.8, 4) is 5.69 Å². The van der Waals surface area contributed by atoms with E-state index in [1.54, 1.807) is 28.0 Å². The number of halogens is 1. The number of nitrogens with one attached hydrogen (secondary N) is 1. The molecule has 2 aromatic carbocycles. The summed E-state index contributed by atoms with van der Waals surface area (Å²) in [4.78, 5) is 33.5. The van der Waals surface area contributed by atoms with Crippen molar-refractivity contribution in [2.45, 2.75) is 45.2 Å². The van der Waals surface area contributed by atoms with Crippen molar-refractivity contribution >= 4 is 44.9 Å². The fourth-order valence-corrected chi connectivity index (χ4v) is 6.76. The molecule has 2 heterocycles. The summed E-state index contributed by atoms with van der Waals surface area (Å²) in [6.45, 7) is 6.21. The highest BCUT2D eigenvalue weighted by atomic mass is 32.2. The number of carbonyl (C=O) groups excluding carboxylic acids is 1. The zero-order chi connectivity index (χ0) is 24.7. The van der Waals surface area contributed by atoms with Gasteiger partial charge in [-0.3, -0.25) is 14.2 Å². The Hall–Kier alpha value is -2.97. The van der Waals surface area contributed by atoms with E-state index in [0.717, 1.165) is 46.5 Å². The fourth-order valence-electron chi connectivity index (χ4n) is 4.53. The summed E-state index contributed by atoms with van der Waals surface area (Å²) in [6.07, 6.45) is 2.93. The molecule has 5 nitrogen and oxygen atoms in total. The fraction of sp³-hybridized carbons (Fsp3) is 0.296. The molecule has 1 aliphatic carbocycles. The molecule has 0 bridgehead atoms. The van der Waals surface area contributed by atoms with Gasteiger partial charge in [-0.05, 0) is 80.0 Å². The van der Waals surface area contributed by atoms with Gasteiger partial charge < -0.3 is 5.32 Å². The van der Waals surface area contributed by atoms with E-state index in [0.29, 0.717) is 22.1 Å². The Morgan fingerprint density at radius 1 is 1.26 bits per heavy atom. The van der Waals surface area contributed by atoms with Gasteiger partial charge in [-0.15, -0.1) is 11.3 Å². The molecule has 8 heteroatoms. The second-order valence-electron chi connectivity index (χ2n) is 9.20. The largest absolute Gasteiger partial charge is 0.325 e. The van der Waals surface area contributed by atoms with E-state index < -0.39 is 5.82 Å². The van der Waals surface area contributed by atoms with E-state index in [9.17, 15) is 14.0 Å². The second kappa shape index (κ2) is 9.59. The number of benzene rings is 2. The number of anilines is 1. The summed E-state index contributed by atoms with van der Waals surface area (Å²) in [5.41, 5.74) is 4.23. The van der Waals surface area contributed by atoms with Crippen LogP contribution in [0, 0.1) is 25.6 Å². The Morgan fingerprint density at radius 2 is 2.09 bits per heavy atom. The van der Waals surface area contributed by atoms with Crippen LogP contribution in [-0.2, 0) is 17.6 Å². The molecule has 0 unspecified atom stereocenters. The SMILES string of the molecule is Cc1ccc(C)c(-n2c(SCC(=O)Nc3cccc(F)c3)nc3sc4c(c3c2=O)CC[C@H](C)C4)c1. The molecule has 1 atom stereocenters. The highest BCUT2D eigenvalue weighted by Crippen LogP contribution is 2.37. The molecule has 5 rings (SSSR count). The van der Waals surface area contributed by atoms with Gasteiger partial charge in [0, 0.05) is 10.6 Å². The van der Waals surface area contributed by atoms with Crippen molar-refractivity contribution in [2.75, 3.05) is 11.1 Å². The topological polar surface area (TPSA) is 64.0 Å². The van der Waals surface area contributed by atoms with E-state index in [1.165, 1.54) is 28.8 Å². The predicted molar refractivity (Wildman–Crippen MR) is 142 cm³/mol. The van der Waals surface area contributed by atoms with Crippen molar-refractivity contribution in [2.24, 2.45) is 5.92 Å². The molecule has 0 aliphatic heterocycles. The maximum atomic E-state index is 14.0. The van der Waals surface area contributed by atoms with Gasteiger partial charge in [-0.1, -0.05) is 36.9 Å². The Bertz CT molecular complexity index is 1510. The number of amides is 1. The van der Waals surface area contributed by atoms with Crippen LogP contribution in [0.4, 0.5) is 10.1 Å². The molecular weight excluding hydrogens is 481 g/mol. The average molecular weight is 508 g/mol. The number of rotatable bonds is 5. The van der Waals surface area contributed by atoms with Gasteiger partial charge in [0.05, 0.1) is 16.8 Å². The quantitative estimate of drug-likeness (QED) is 0.264. The van der Waals surface area contributed by atoms with Crippen LogP contribution in [0.15, 0.2) is 52.4 Å². The van der Waals surface area contributed by atoms with Gasteiger partial charge >= 0.3 is 0 Å². The van der Waals surface area contributed by atoms with Crippen LogP contribution < -0.4 is 10.9 Å². The van der Waals surface area contributed by atoms with Crippen molar-refractivity contribution < 1.29 is 9.18 Å². The molecule has 0 fully saturated rings. The van der Waals surface area contributed by atoms with Crippen LogP contribution in [0.3, 0.4) is 0 Å². The maximum Gasteiger partial charge on any atom is 0.267 e. The first-order valence-electron chi connectivity index (χ1n) is 11.6. The standard InChI is InChI=1S/C27H26FN3O2S2/c1-15-7-9-17(3)21(11-15)31-26(33)24-20-10-8-16(2)12-22(20)35-25(24)30-27(31)34-14-23(32)29-19-6-4-5-18(28)13-19/h4-7,9,11,13,16H,8,10,12,14H2,1-3H3,(H,29,32)/t16-/m0/s1. The second-order valence-corrected chi connectivity index (χ2v) is 11.2. The number of aryl methyl sites for hydroxylation is 3. The molecular formula is C27H26FN3O2S2. The third kappa shape index (κ3) is 4.77. The van der Waals surface area contributed by atoms with Crippen LogP contribution in [0.25, 0.3) is 15.9 Å². The van der Waals surface area contributed by atoms with Crippen molar-refractivity contribution in [1.29, 1.82) is 0 Å². The van der Waals surface area contributed by atoms with E-state index in [1.807, 2.05) is 32.0 Å². The summed E-state index contributed by atoms with van der Waals surface area (Å²) in [5.74, 6) is -0.0669. The first-order valence-corrected chi connectivity index (χ1v) is 13.4. The number of thiophene rings is 1. The summed E-state index contributed by atoms with van der Waals surface area (Å²) < 4.78 is 15.2. The average Bonchev–Trinajstić information content (AvgIpc) is 3.17. The number of carbonyl (C=O) groups is 1. The molecule has 180 valence electrons. The van der Waals surface area contributed by atoms with Crippen molar-refractivity contribution in [3.63, 3.8) is 0 Å². The third-order valence-electron chi connectivity index (χ3n) is 6.34. The zero-order valence-electron chi connectivity index (χ0n) is 19.9. The number of hydrogen-bond acceptors (Lipinski definition) is 5. The minimum absolute atomic E-state index is 0.0431. The molecule has 2 aromatic heterocycles. The summed E-state index contributed by atoms with van der Waals surface area (Å²) in [6, 6.07) is 11.8. The highest BCUT2D eigenvalue weighted by molar-refractivity contribution is 7.99. The maximum absolute atomic E-state index is 14.0. The van der Waals surface area contributed by atoms with E-state index in [4.69, 9.17) is 4.98 Å². The first-order chi connectivity index (χ1) is 16.8. The summed E-state index contributed by atoms with van der Waals surface area (Å²) in [7, 11) is 0. The molecule has 0 spiro atoms. The lowest BCUT2D eigenvalue weighted by atomic mass is 9.89. The van der Waals surface area contributed by atoms with Gasteiger partial charge in [0.2, 0.25) is 5.91 Å². The Balaban J connectivity index is 1.57. The van der Waals surface area contributed by atoms with Gasteiger partial charge in [-0.25, -0.2) is 9.37 Å². The molecule has 1 amide bonds. The van der Waals surface area contributed by atoms with Crippen molar-refractivity contribution in [3.05, 3.63) is 80.2 Å². The van der Waals surface area contributed by atoms with Crippen LogP contribution in [0.5, 0.6) is 0 Å². The molecule has 1 N–H and O–H groups in total. The molecule has 0 saturated heterocycles. The van der Waals surface area contributed by atoms with E-state index in [2.05, 4.69) is 12.2 Å². The minimum atomic E-state index is -0.415. The van der Waals surface area contributed by atoms with Crippen LogP contribution in [0.2, 0.25) is 0 Å². The lowest BCUT2D eigenvalue weighted by Gasteiger charge is -2.18. The van der Waals surface area contributed by atoms with Crippen molar-refractivity contribution in [1.82, 2.24) is 9.55 Å². The van der Waals surface area contributed by atoms with Crippen LogP contribution in [-0.4, -0.2) is 21.2 Å². The Labute approximate surface area is 211 Å². The van der Waals surface area contributed by atoms with E-state index in [-0.39, 0.29) is 17.2 Å². The molecule has 0 radical (unpaired) electrons. The van der Waals surface area contributed by atoms with E-state index >= 15 is 0 Å². The Morgan fingerprint density at radius 3 is 2.89 bits per heavy atom. The molecule has 4 aromatic rings. The smallest absolute Gasteiger partial charge is 0.267 e. The predicted octanol–water partition coefficient (Wildman–Crippen LogP) is 6.06. The number of fused-ring (bicyclic) bond motifs is 3. The highest BCUT2D eigenvalue weighted by Gasteiger charge is 2.26. The first kappa shape index (κ1) is 23.8. The minimum Gasteiger partial charge on any atom is -0.325 e. The number of nitrogens with zero attached hydrogens (tertiary/aromatic N) is 2.